The molecule has 0 radical (unpaired) electrons. The zero-order valence-electron chi connectivity index (χ0n) is 22.1. The van der Waals surface area contributed by atoms with Gasteiger partial charge in [-0.1, -0.05) is 27.2 Å². The van der Waals surface area contributed by atoms with Crippen LogP contribution in [-0.4, -0.2) is 41.4 Å². The predicted molar refractivity (Wildman–Crippen MR) is 137 cm³/mol. The molecule has 0 saturated heterocycles. The lowest BCUT2D eigenvalue weighted by Gasteiger charge is -2.62. The minimum Gasteiger partial charge on any atom is -0.393 e. The first kappa shape index (κ1) is 26.4. The fourth-order valence-electron chi connectivity index (χ4n) is 9.50. The molecule has 5 nitrogen and oxygen atoms in total. The molecule has 5 N–H and O–H groups in total. The summed E-state index contributed by atoms with van der Waals surface area (Å²) in [4.78, 5) is 12.4. The summed E-state index contributed by atoms with van der Waals surface area (Å²) in [5.74, 6) is 3.50. The summed E-state index contributed by atoms with van der Waals surface area (Å²) in [7, 11) is 0. The smallest absolute Gasteiger partial charge is 0.220 e. The minimum atomic E-state index is -0.211. The molecule has 4 rings (SSSR count). The Morgan fingerprint density at radius 1 is 1.00 bits per heavy atom. The van der Waals surface area contributed by atoms with Gasteiger partial charge in [0.25, 0.3) is 0 Å². The van der Waals surface area contributed by atoms with E-state index in [9.17, 15) is 15.0 Å². The van der Waals surface area contributed by atoms with E-state index in [0.717, 1.165) is 64.5 Å². The van der Waals surface area contributed by atoms with E-state index in [-0.39, 0.29) is 28.9 Å². The number of hydrogen-bond donors (Lipinski definition) is 4. The van der Waals surface area contributed by atoms with E-state index in [4.69, 9.17) is 5.73 Å². The fraction of sp³-hybridized carbons (Fsp3) is 0.966. The molecule has 4 aliphatic carbocycles. The van der Waals surface area contributed by atoms with E-state index in [1.54, 1.807) is 0 Å². The van der Waals surface area contributed by atoms with E-state index in [1.807, 2.05) is 0 Å². The summed E-state index contributed by atoms with van der Waals surface area (Å²) in [5, 5.41) is 24.8. The molecule has 5 heteroatoms. The molecular formula is C29H52N2O3. The van der Waals surface area contributed by atoms with Crippen molar-refractivity contribution in [2.75, 3.05) is 13.1 Å². The van der Waals surface area contributed by atoms with Gasteiger partial charge in [-0.05, 0) is 124 Å². The Bertz CT molecular complexity index is 701. The SMILES string of the molecule is C[C@@H](CCC(=O)NCCCCCN)[C@@H]1CC[C@@H]2[C@@H]3[C@@H](CC[C@]21C)[C@]1(C)CC[C@H](O)C[C@@H]1C[C@@H]3O. The zero-order chi connectivity index (χ0) is 24.5. The monoisotopic (exact) mass is 476 g/mol. The molecule has 0 spiro atoms. The van der Waals surface area contributed by atoms with Crippen molar-refractivity contribution >= 4 is 5.91 Å². The number of carbonyl (C=O) groups excluding carboxylic acids is 1. The normalized spacial score (nSPS) is 44.6. The van der Waals surface area contributed by atoms with Gasteiger partial charge in [0.1, 0.15) is 0 Å². The summed E-state index contributed by atoms with van der Waals surface area (Å²) in [6.07, 6.45) is 13.2. The summed E-state index contributed by atoms with van der Waals surface area (Å²) < 4.78 is 0. The van der Waals surface area contributed by atoms with Crippen molar-refractivity contribution in [2.45, 2.75) is 116 Å². The molecule has 10 atom stereocenters. The molecule has 4 fully saturated rings. The Morgan fingerprint density at radius 3 is 2.50 bits per heavy atom. The molecule has 1 amide bonds. The third kappa shape index (κ3) is 4.95. The van der Waals surface area contributed by atoms with Crippen molar-refractivity contribution < 1.29 is 15.0 Å². The van der Waals surface area contributed by atoms with Crippen LogP contribution in [-0.2, 0) is 4.79 Å². The van der Waals surface area contributed by atoms with E-state index in [0.29, 0.717) is 41.9 Å². The third-order valence-electron chi connectivity index (χ3n) is 11.4. The lowest BCUT2D eigenvalue weighted by atomic mass is 9.43. The first-order chi connectivity index (χ1) is 16.2. The van der Waals surface area contributed by atoms with Crippen LogP contribution in [0.3, 0.4) is 0 Å². The topological polar surface area (TPSA) is 95.6 Å². The molecule has 0 aromatic rings. The highest BCUT2D eigenvalue weighted by Crippen LogP contribution is 2.68. The number of nitrogens with one attached hydrogen (secondary N) is 1. The number of fused-ring (bicyclic) bond motifs is 5. The van der Waals surface area contributed by atoms with Crippen molar-refractivity contribution in [3.8, 4) is 0 Å². The van der Waals surface area contributed by atoms with E-state index in [2.05, 4.69) is 26.1 Å². The Labute approximate surface area is 208 Å². The zero-order valence-corrected chi connectivity index (χ0v) is 22.1. The van der Waals surface area contributed by atoms with Crippen molar-refractivity contribution in [3.05, 3.63) is 0 Å². The lowest BCUT2D eigenvalue weighted by molar-refractivity contribution is -0.174. The number of amides is 1. The van der Waals surface area contributed by atoms with Gasteiger partial charge in [-0.2, -0.15) is 0 Å². The maximum atomic E-state index is 12.4. The fourth-order valence-corrected chi connectivity index (χ4v) is 9.50. The Balaban J connectivity index is 1.35. The van der Waals surface area contributed by atoms with Gasteiger partial charge in [0.05, 0.1) is 12.2 Å². The lowest BCUT2D eigenvalue weighted by Crippen LogP contribution is -2.58. The standard InChI is InChI=1S/C29H52N2O3/c1-19(7-10-26(34)31-16-6-4-5-15-30)22-8-9-23-27-24(12-14-29(22,23)3)28(2)13-11-21(32)17-20(28)18-25(27)33/h19-25,27,32-33H,4-18,30H2,1-3H3,(H,31,34)/t19-,20+,21-,22-,23+,24+,25-,27+,28+,29-/m0/s1. The highest BCUT2D eigenvalue weighted by molar-refractivity contribution is 5.75. The maximum Gasteiger partial charge on any atom is 0.220 e. The number of aliphatic hydroxyl groups excluding tert-OH is 2. The van der Waals surface area contributed by atoms with Gasteiger partial charge in [-0.3, -0.25) is 4.79 Å². The summed E-state index contributed by atoms with van der Waals surface area (Å²) in [6, 6.07) is 0. The largest absolute Gasteiger partial charge is 0.393 e. The van der Waals surface area contributed by atoms with Gasteiger partial charge < -0.3 is 21.3 Å². The van der Waals surface area contributed by atoms with Gasteiger partial charge in [0.15, 0.2) is 0 Å². The molecule has 4 saturated carbocycles. The van der Waals surface area contributed by atoms with Crippen LogP contribution < -0.4 is 11.1 Å². The molecule has 0 aliphatic heterocycles. The quantitative estimate of drug-likeness (QED) is 0.365. The highest BCUT2D eigenvalue weighted by Gasteiger charge is 2.62. The van der Waals surface area contributed by atoms with E-state index < -0.39 is 0 Å². The third-order valence-corrected chi connectivity index (χ3v) is 11.4. The number of carbonyl (C=O) groups is 1. The second kappa shape index (κ2) is 10.8. The molecule has 0 bridgehead atoms. The van der Waals surface area contributed by atoms with Crippen molar-refractivity contribution in [1.29, 1.82) is 0 Å². The van der Waals surface area contributed by atoms with Crippen molar-refractivity contribution in [2.24, 2.45) is 52.1 Å². The summed E-state index contributed by atoms with van der Waals surface area (Å²) in [6.45, 7) is 8.88. The van der Waals surface area contributed by atoms with Gasteiger partial charge in [-0.25, -0.2) is 0 Å². The number of hydrogen-bond acceptors (Lipinski definition) is 4. The number of aliphatic hydroxyl groups is 2. The molecule has 34 heavy (non-hydrogen) atoms. The molecule has 0 aromatic carbocycles. The average Bonchev–Trinajstić information content (AvgIpc) is 3.15. The van der Waals surface area contributed by atoms with Crippen LogP contribution in [0.4, 0.5) is 0 Å². The second-order valence-electron chi connectivity index (χ2n) is 13.2. The highest BCUT2D eigenvalue weighted by atomic mass is 16.3. The minimum absolute atomic E-state index is 0.171. The van der Waals surface area contributed by atoms with Gasteiger partial charge in [-0.15, -0.1) is 0 Å². The molecule has 4 aliphatic rings. The van der Waals surface area contributed by atoms with Crippen LogP contribution in [0.25, 0.3) is 0 Å². The van der Waals surface area contributed by atoms with Crippen LogP contribution in [0.1, 0.15) is 104 Å². The van der Waals surface area contributed by atoms with Gasteiger partial charge in [0, 0.05) is 13.0 Å². The van der Waals surface area contributed by atoms with Crippen LogP contribution in [0, 0.1) is 46.3 Å². The summed E-state index contributed by atoms with van der Waals surface area (Å²) in [5.41, 5.74) is 6.12. The molecule has 196 valence electrons. The number of unbranched alkanes of at least 4 members (excludes halogenated alkanes) is 2. The maximum absolute atomic E-state index is 12.4. The Kier molecular flexibility index (Phi) is 8.36. The second-order valence-corrected chi connectivity index (χ2v) is 13.2. The molecule has 0 aromatic heterocycles. The predicted octanol–water partition coefficient (Wildman–Crippen LogP) is 4.64. The van der Waals surface area contributed by atoms with Crippen molar-refractivity contribution in [1.82, 2.24) is 5.32 Å². The van der Waals surface area contributed by atoms with Crippen LogP contribution in [0.5, 0.6) is 0 Å². The van der Waals surface area contributed by atoms with Gasteiger partial charge in [0.2, 0.25) is 5.91 Å². The first-order valence-corrected chi connectivity index (χ1v) is 14.5. The molecule has 0 heterocycles. The van der Waals surface area contributed by atoms with Crippen LogP contribution in [0.15, 0.2) is 0 Å². The van der Waals surface area contributed by atoms with E-state index in [1.165, 1.54) is 25.7 Å². The van der Waals surface area contributed by atoms with Gasteiger partial charge >= 0.3 is 0 Å². The number of rotatable bonds is 9. The first-order valence-electron chi connectivity index (χ1n) is 14.5. The van der Waals surface area contributed by atoms with Crippen molar-refractivity contribution in [3.63, 3.8) is 0 Å². The van der Waals surface area contributed by atoms with Crippen LogP contribution >= 0.6 is 0 Å². The Hall–Kier alpha value is -0.650. The number of nitrogens with two attached hydrogens (primary N) is 1. The molecule has 0 unspecified atom stereocenters. The molecular weight excluding hydrogens is 424 g/mol. The Morgan fingerprint density at radius 2 is 1.74 bits per heavy atom. The summed E-state index contributed by atoms with van der Waals surface area (Å²) >= 11 is 0. The average molecular weight is 477 g/mol. The van der Waals surface area contributed by atoms with E-state index >= 15 is 0 Å². The van der Waals surface area contributed by atoms with Crippen LogP contribution in [0.2, 0.25) is 0 Å².